The molecule has 2 atom stereocenters. The van der Waals surface area contributed by atoms with Crippen molar-refractivity contribution < 1.29 is 14.4 Å². The van der Waals surface area contributed by atoms with Crippen LogP contribution in [-0.4, -0.2) is 11.9 Å². The monoisotopic (exact) mass is 253 g/mol. The van der Waals surface area contributed by atoms with Crippen LogP contribution in [0.2, 0.25) is 0 Å². The van der Waals surface area contributed by atoms with Gasteiger partial charge in [-0.3, -0.25) is 4.79 Å². The summed E-state index contributed by atoms with van der Waals surface area (Å²) in [6.07, 6.45) is 14.2. The Morgan fingerprint density at radius 3 is 2.74 bits per heavy atom. The highest BCUT2D eigenvalue weighted by atomic mass is 16.7. The standard InChI is InChI=1S/C15H11NO3/c17-13-15(14(18)19-16-13)7-10-5-1-3-9-4-2-6-11(8-15)12(9)10/h1-7,12H,8H2,(H,16,17)/t12-,15+/m0/s1. The van der Waals surface area contributed by atoms with Gasteiger partial charge in [-0.25, -0.2) is 4.79 Å². The number of carbonyl (C=O) groups is 2. The molecule has 1 aliphatic heterocycles. The normalized spacial score (nSPS) is 34.3. The molecule has 0 aromatic rings. The Hall–Kier alpha value is -2.36. The predicted octanol–water partition coefficient (Wildman–Crippen LogP) is 1.50. The Balaban J connectivity index is 1.93. The molecule has 0 unspecified atom stereocenters. The van der Waals surface area contributed by atoms with E-state index in [2.05, 4.69) is 17.6 Å². The fourth-order valence-corrected chi connectivity index (χ4v) is 3.21. The number of hydroxylamine groups is 1. The van der Waals surface area contributed by atoms with Gasteiger partial charge >= 0.3 is 5.97 Å². The maximum atomic E-state index is 12.0. The summed E-state index contributed by atoms with van der Waals surface area (Å²) >= 11 is 0. The number of amides is 1. The number of nitrogens with one attached hydrogen (secondary N) is 1. The molecular formula is C15H11NO3. The first kappa shape index (κ1) is 10.6. The van der Waals surface area contributed by atoms with Gasteiger partial charge in [0, 0.05) is 5.92 Å². The van der Waals surface area contributed by atoms with Crippen LogP contribution in [0.1, 0.15) is 6.42 Å². The zero-order valence-corrected chi connectivity index (χ0v) is 10.1. The molecule has 0 saturated carbocycles. The first-order valence-electron chi connectivity index (χ1n) is 6.21. The number of hydrogen-bond donors (Lipinski definition) is 1. The van der Waals surface area contributed by atoms with Gasteiger partial charge in [-0.1, -0.05) is 48.1 Å². The molecule has 0 aromatic carbocycles. The second-order valence-corrected chi connectivity index (χ2v) is 5.17. The molecule has 1 spiro atoms. The van der Waals surface area contributed by atoms with Crippen molar-refractivity contribution in [1.82, 2.24) is 5.48 Å². The van der Waals surface area contributed by atoms with Crippen molar-refractivity contribution in [3.8, 4) is 0 Å². The van der Waals surface area contributed by atoms with E-state index in [1.807, 2.05) is 24.3 Å². The first-order chi connectivity index (χ1) is 9.21. The highest BCUT2D eigenvalue weighted by Gasteiger charge is 2.55. The van der Waals surface area contributed by atoms with Crippen molar-refractivity contribution in [2.75, 3.05) is 0 Å². The molecule has 0 radical (unpaired) electrons. The lowest BCUT2D eigenvalue weighted by molar-refractivity contribution is -0.148. The van der Waals surface area contributed by atoms with Crippen LogP contribution < -0.4 is 5.48 Å². The zero-order valence-electron chi connectivity index (χ0n) is 10.1. The van der Waals surface area contributed by atoms with Crippen LogP contribution >= 0.6 is 0 Å². The van der Waals surface area contributed by atoms with Crippen molar-refractivity contribution in [3.63, 3.8) is 0 Å². The van der Waals surface area contributed by atoms with Crippen LogP contribution in [0.5, 0.6) is 0 Å². The number of rotatable bonds is 0. The maximum absolute atomic E-state index is 12.0. The minimum Gasteiger partial charge on any atom is -0.339 e. The Kier molecular flexibility index (Phi) is 1.86. The quantitative estimate of drug-likeness (QED) is 0.666. The van der Waals surface area contributed by atoms with Gasteiger partial charge in [0.15, 0.2) is 5.41 Å². The topological polar surface area (TPSA) is 55.4 Å². The van der Waals surface area contributed by atoms with Crippen LogP contribution in [0.25, 0.3) is 0 Å². The molecule has 1 fully saturated rings. The highest BCUT2D eigenvalue weighted by Crippen LogP contribution is 2.48. The van der Waals surface area contributed by atoms with E-state index in [9.17, 15) is 9.59 Å². The zero-order chi connectivity index (χ0) is 13.0. The van der Waals surface area contributed by atoms with Gasteiger partial charge in [0.2, 0.25) is 0 Å². The first-order valence-corrected chi connectivity index (χ1v) is 6.21. The largest absolute Gasteiger partial charge is 0.351 e. The summed E-state index contributed by atoms with van der Waals surface area (Å²) in [5, 5.41) is 0. The van der Waals surface area contributed by atoms with Crippen LogP contribution in [0.4, 0.5) is 0 Å². The SMILES string of the molecule is O=C1NOC(=O)[C@@]12C=C1C=CC=C3C=CC=C(C2)[C@@H]31. The fourth-order valence-electron chi connectivity index (χ4n) is 3.21. The summed E-state index contributed by atoms with van der Waals surface area (Å²) in [5.74, 6) is -0.700. The molecule has 4 rings (SSSR count). The Bertz CT molecular complexity index is 645. The molecule has 94 valence electrons. The van der Waals surface area contributed by atoms with E-state index in [-0.39, 0.29) is 11.8 Å². The van der Waals surface area contributed by atoms with Crippen LogP contribution in [0, 0.1) is 11.3 Å². The van der Waals surface area contributed by atoms with E-state index >= 15 is 0 Å². The lowest BCUT2D eigenvalue weighted by atomic mass is 9.65. The van der Waals surface area contributed by atoms with E-state index < -0.39 is 11.4 Å². The van der Waals surface area contributed by atoms with Gasteiger partial charge in [-0.05, 0) is 17.6 Å². The minimum absolute atomic E-state index is 0.182. The fraction of sp³-hybridized carbons (Fsp3) is 0.200. The van der Waals surface area contributed by atoms with Crippen molar-refractivity contribution in [3.05, 3.63) is 59.3 Å². The molecular weight excluding hydrogens is 242 g/mol. The van der Waals surface area contributed by atoms with Gasteiger partial charge in [0.05, 0.1) is 0 Å². The summed E-state index contributed by atoms with van der Waals surface area (Å²) in [4.78, 5) is 28.7. The molecule has 3 aliphatic carbocycles. The van der Waals surface area contributed by atoms with E-state index in [1.54, 1.807) is 6.08 Å². The summed E-state index contributed by atoms with van der Waals surface area (Å²) in [6.45, 7) is 0. The second-order valence-electron chi connectivity index (χ2n) is 5.17. The van der Waals surface area contributed by atoms with E-state index in [4.69, 9.17) is 4.84 Å². The van der Waals surface area contributed by atoms with Crippen molar-refractivity contribution >= 4 is 11.9 Å². The number of allylic oxidation sites excluding steroid dienone is 9. The average Bonchev–Trinajstić information content (AvgIpc) is 2.68. The molecule has 4 aliphatic rings. The van der Waals surface area contributed by atoms with Gasteiger partial charge < -0.3 is 4.84 Å². The minimum atomic E-state index is -1.18. The Morgan fingerprint density at radius 2 is 1.95 bits per heavy atom. The third-order valence-electron chi connectivity index (χ3n) is 4.12. The summed E-state index contributed by atoms with van der Waals surface area (Å²) in [7, 11) is 0. The molecule has 0 aromatic heterocycles. The Morgan fingerprint density at radius 1 is 1.16 bits per heavy atom. The Labute approximate surface area is 109 Å². The van der Waals surface area contributed by atoms with Crippen LogP contribution in [0.15, 0.2) is 59.3 Å². The van der Waals surface area contributed by atoms with Crippen LogP contribution in [-0.2, 0) is 14.4 Å². The molecule has 4 nitrogen and oxygen atoms in total. The average molecular weight is 253 g/mol. The lowest BCUT2D eigenvalue weighted by Gasteiger charge is -2.36. The molecule has 0 bridgehead atoms. The van der Waals surface area contributed by atoms with Gasteiger partial charge in [0.25, 0.3) is 5.91 Å². The van der Waals surface area contributed by atoms with E-state index in [1.165, 1.54) is 5.57 Å². The second kappa shape index (κ2) is 3.35. The van der Waals surface area contributed by atoms with Crippen molar-refractivity contribution in [1.29, 1.82) is 0 Å². The van der Waals surface area contributed by atoms with Crippen LogP contribution in [0.3, 0.4) is 0 Å². The third-order valence-corrected chi connectivity index (χ3v) is 4.12. The molecule has 19 heavy (non-hydrogen) atoms. The molecule has 1 amide bonds. The smallest absolute Gasteiger partial charge is 0.339 e. The lowest BCUT2D eigenvalue weighted by Crippen LogP contribution is -2.39. The summed E-state index contributed by atoms with van der Waals surface area (Å²) in [6, 6.07) is 0. The number of hydrogen-bond acceptors (Lipinski definition) is 3. The van der Waals surface area contributed by atoms with Gasteiger partial charge in [-0.2, -0.15) is 5.48 Å². The summed E-state index contributed by atoms with van der Waals surface area (Å²) in [5.41, 5.74) is 4.28. The molecule has 1 heterocycles. The van der Waals surface area contributed by atoms with Gasteiger partial charge in [0.1, 0.15) is 0 Å². The third kappa shape index (κ3) is 1.23. The number of carbonyl (C=O) groups excluding carboxylic acids is 2. The molecule has 4 heteroatoms. The van der Waals surface area contributed by atoms with E-state index in [0.717, 1.165) is 11.1 Å². The molecule has 1 saturated heterocycles. The maximum Gasteiger partial charge on any atom is 0.351 e. The van der Waals surface area contributed by atoms with Crippen molar-refractivity contribution in [2.24, 2.45) is 11.3 Å². The molecule has 1 N–H and O–H groups in total. The van der Waals surface area contributed by atoms with Gasteiger partial charge in [-0.15, -0.1) is 0 Å². The van der Waals surface area contributed by atoms with E-state index in [0.29, 0.717) is 6.42 Å². The predicted molar refractivity (Wildman–Crippen MR) is 67.3 cm³/mol. The highest BCUT2D eigenvalue weighted by molar-refractivity contribution is 6.09. The summed E-state index contributed by atoms with van der Waals surface area (Å²) < 4.78 is 0. The van der Waals surface area contributed by atoms with Crippen molar-refractivity contribution in [2.45, 2.75) is 6.42 Å².